The minimum Gasteiger partial charge on any atom is -0.396 e. The highest BCUT2D eigenvalue weighted by molar-refractivity contribution is 4.78. The molecule has 2 heteroatoms. The van der Waals surface area contributed by atoms with Crippen molar-refractivity contribution >= 4 is 0 Å². The molecule has 0 amide bonds. The number of hydrogen-bond acceptors (Lipinski definition) is 2. The van der Waals surface area contributed by atoms with E-state index in [0.717, 1.165) is 19.4 Å². The quantitative estimate of drug-likeness (QED) is 0.699. The number of aliphatic hydroxyl groups excluding tert-OH is 1. The van der Waals surface area contributed by atoms with E-state index in [9.17, 15) is 5.11 Å². The molecule has 0 heterocycles. The van der Waals surface area contributed by atoms with Crippen LogP contribution in [0, 0.1) is 5.41 Å². The molecule has 1 unspecified atom stereocenters. The van der Waals surface area contributed by atoms with Crippen LogP contribution in [0.25, 0.3) is 0 Å². The first kappa shape index (κ1) is 15.0. The van der Waals surface area contributed by atoms with E-state index >= 15 is 0 Å². The molecule has 2 nitrogen and oxygen atoms in total. The largest absolute Gasteiger partial charge is 0.396 e. The summed E-state index contributed by atoms with van der Waals surface area (Å²) in [5.74, 6) is 0. The normalized spacial score (nSPS) is 21.4. The van der Waals surface area contributed by atoms with E-state index in [4.69, 9.17) is 4.74 Å². The molecule has 0 aliphatic heterocycles. The molecule has 0 bridgehead atoms. The van der Waals surface area contributed by atoms with Crippen LogP contribution in [0.2, 0.25) is 0 Å². The van der Waals surface area contributed by atoms with Crippen molar-refractivity contribution in [2.45, 2.75) is 77.7 Å². The molecule has 1 saturated carbocycles. The van der Waals surface area contributed by atoms with E-state index in [2.05, 4.69) is 13.8 Å². The van der Waals surface area contributed by atoms with Gasteiger partial charge in [-0.1, -0.05) is 46.0 Å². The molecule has 1 atom stereocenters. The predicted octanol–water partition coefficient (Wildman–Crippen LogP) is 3.91. The van der Waals surface area contributed by atoms with Gasteiger partial charge in [0, 0.05) is 5.41 Å². The molecule has 0 radical (unpaired) electrons. The van der Waals surface area contributed by atoms with Crippen molar-refractivity contribution in [2.75, 3.05) is 13.2 Å². The Kier molecular flexibility index (Phi) is 7.14. The highest BCUT2D eigenvalue weighted by Gasteiger charge is 2.28. The van der Waals surface area contributed by atoms with E-state index in [1.807, 2.05) is 0 Å². The molecule has 17 heavy (non-hydrogen) atoms. The first-order chi connectivity index (χ1) is 8.26. The lowest BCUT2D eigenvalue weighted by Gasteiger charge is -2.33. The van der Waals surface area contributed by atoms with E-state index < -0.39 is 0 Å². The van der Waals surface area contributed by atoms with Gasteiger partial charge in [0.2, 0.25) is 0 Å². The maximum absolute atomic E-state index is 9.65. The van der Waals surface area contributed by atoms with Crippen molar-refractivity contribution in [3.63, 3.8) is 0 Å². The molecule has 1 aliphatic rings. The second-order valence-corrected chi connectivity index (χ2v) is 5.69. The Bertz CT molecular complexity index is 181. The number of ether oxygens (including phenoxy) is 1. The first-order valence-corrected chi connectivity index (χ1v) is 7.49. The fraction of sp³-hybridized carbons (Fsp3) is 1.00. The third-order valence-corrected chi connectivity index (χ3v) is 4.32. The third-order valence-electron chi connectivity index (χ3n) is 4.32. The lowest BCUT2D eigenvalue weighted by Crippen LogP contribution is -2.33. The van der Waals surface area contributed by atoms with E-state index in [-0.39, 0.29) is 12.0 Å². The van der Waals surface area contributed by atoms with Gasteiger partial charge in [-0.3, -0.25) is 0 Å². The van der Waals surface area contributed by atoms with Gasteiger partial charge in [-0.25, -0.2) is 0 Å². The molecular weight excluding hydrogens is 212 g/mol. The lowest BCUT2D eigenvalue weighted by atomic mass is 9.81. The molecule has 0 aromatic rings. The molecule has 1 N–H and O–H groups in total. The summed E-state index contributed by atoms with van der Waals surface area (Å²) in [5.41, 5.74) is 0.0213. The van der Waals surface area contributed by atoms with Crippen LogP contribution in [-0.4, -0.2) is 24.4 Å². The highest BCUT2D eigenvalue weighted by Crippen LogP contribution is 2.31. The summed E-state index contributed by atoms with van der Waals surface area (Å²) >= 11 is 0. The second-order valence-electron chi connectivity index (χ2n) is 5.69. The minimum absolute atomic E-state index is 0.0213. The lowest BCUT2D eigenvalue weighted by molar-refractivity contribution is -0.0508. The summed E-state index contributed by atoms with van der Waals surface area (Å²) in [7, 11) is 0. The van der Waals surface area contributed by atoms with Gasteiger partial charge in [0.05, 0.1) is 19.3 Å². The Morgan fingerprint density at radius 1 is 1.18 bits per heavy atom. The highest BCUT2D eigenvalue weighted by atomic mass is 16.5. The first-order valence-electron chi connectivity index (χ1n) is 7.49. The zero-order valence-electron chi connectivity index (χ0n) is 11.7. The Balaban J connectivity index is 2.36. The summed E-state index contributed by atoms with van der Waals surface area (Å²) in [6.07, 6.45) is 11.4. The second kappa shape index (κ2) is 8.10. The minimum atomic E-state index is 0.0213. The van der Waals surface area contributed by atoms with Gasteiger partial charge in [-0.05, 0) is 25.7 Å². The summed E-state index contributed by atoms with van der Waals surface area (Å²) < 4.78 is 6.07. The van der Waals surface area contributed by atoms with E-state index in [1.54, 1.807) is 0 Å². The maximum Gasteiger partial charge on any atom is 0.0575 e. The van der Waals surface area contributed by atoms with Gasteiger partial charge in [0.15, 0.2) is 0 Å². The van der Waals surface area contributed by atoms with Crippen LogP contribution in [0.5, 0.6) is 0 Å². The van der Waals surface area contributed by atoms with Crippen molar-refractivity contribution in [2.24, 2.45) is 5.41 Å². The topological polar surface area (TPSA) is 29.5 Å². The molecular formula is C15H30O2. The van der Waals surface area contributed by atoms with E-state index in [1.165, 1.54) is 44.9 Å². The fourth-order valence-corrected chi connectivity index (χ4v) is 2.67. The Labute approximate surface area is 107 Å². The summed E-state index contributed by atoms with van der Waals surface area (Å²) in [6, 6.07) is 0. The zero-order valence-corrected chi connectivity index (χ0v) is 11.7. The monoisotopic (exact) mass is 242 g/mol. The number of rotatable bonds is 8. The SMILES string of the molecule is CCCCC(CC)(CO)COC1CCCCC1. The van der Waals surface area contributed by atoms with Gasteiger partial charge in [-0.15, -0.1) is 0 Å². The molecule has 1 fully saturated rings. The Morgan fingerprint density at radius 2 is 1.88 bits per heavy atom. The van der Waals surface area contributed by atoms with Crippen molar-refractivity contribution in [3.05, 3.63) is 0 Å². The van der Waals surface area contributed by atoms with Crippen LogP contribution >= 0.6 is 0 Å². The average molecular weight is 242 g/mol. The van der Waals surface area contributed by atoms with Crippen molar-refractivity contribution in [3.8, 4) is 0 Å². The predicted molar refractivity (Wildman–Crippen MR) is 72.2 cm³/mol. The Morgan fingerprint density at radius 3 is 2.41 bits per heavy atom. The van der Waals surface area contributed by atoms with Crippen LogP contribution in [0.3, 0.4) is 0 Å². The number of unbranched alkanes of at least 4 members (excludes halogenated alkanes) is 1. The van der Waals surface area contributed by atoms with Crippen molar-refractivity contribution in [1.82, 2.24) is 0 Å². The maximum atomic E-state index is 9.65. The molecule has 102 valence electrons. The molecule has 1 rings (SSSR count). The molecule has 0 saturated heterocycles. The number of aliphatic hydroxyl groups is 1. The van der Waals surface area contributed by atoms with Crippen molar-refractivity contribution < 1.29 is 9.84 Å². The average Bonchev–Trinajstić information content (AvgIpc) is 2.41. The standard InChI is InChI=1S/C15H30O2/c1-3-5-11-15(4-2,12-16)13-17-14-9-7-6-8-10-14/h14,16H,3-13H2,1-2H3. The van der Waals surface area contributed by atoms with Crippen LogP contribution in [0.15, 0.2) is 0 Å². The van der Waals surface area contributed by atoms with Crippen molar-refractivity contribution in [1.29, 1.82) is 0 Å². The fourth-order valence-electron chi connectivity index (χ4n) is 2.67. The van der Waals surface area contributed by atoms with Crippen LogP contribution in [0.4, 0.5) is 0 Å². The summed E-state index contributed by atoms with van der Waals surface area (Å²) in [4.78, 5) is 0. The van der Waals surface area contributed by atoms with Gasteiger partial charge >= 0.3 is 0 Å². The summed E-state index contributed by atoms with van der Waals surface area (Å²) in [6.45, 7) is 5.41. The van der Waals surface area contributed by atoms with Crippen LogP contribution < -0.4 is 0 Å². The molecule has 0 spiro atoms. The third kappa shape index (κ3) is 4.97. The zero-order chi connectivity index (χ0) is 12.6. The van der Waals surface area contributed by atoms with Gasteiger partial charge in [0.1, 0.15) is 0 Å². The van der Waals surface area contributed by atoms with Gasteiger partial charge < -0.3 is 9.84 Å². The van der Waals surface area contributed by atoms with E-state index in [0.29, 0.717) is 6.10 Å². The summed E-state index contributed by atoms with van der Waals surface area (Å²) in [5, 5.41) is 9.65. The van der Waals surface area contributed by atoms with Gasteiger partial charge in [0.25, 0.3) is 0 Å². The molecule has 0 aromatic heterocycles. The van der Waals surface area contributed by atoms with Gasteiger partial charge in [-0.2, -0.15) is 0 Å². The Hall–Kier alpha value is -0.0800. The molecule has 1 aliphatic carbocycles. The molecule has 0 aromatic carbocycles. The van der Waals surface area contributed by atoms with Crippen LogP contribution in [-0.2, 0) is 4.74 Å². The van der Waals surface area contributed by atoms with Crippen LogP contribution in [0.1, 0.15) is 71.6 Å². The smallest absolute Gasteiger partial charge is 0.0575 e. The number of hydrogen-bond donors (Lipinski definition) is 1.